The average Bonchev–Trinajstić information content (AvgIpc) is 2.37. The fourth-order valence-electron chi connectivity index (χ4n) is 1.96. The fourth-order valence-corrected chi connectivity index (χ4v) is 2.46. The van der Waals surface area contributed by atoms with E-state index >= 15 is 0 Å². The van der Waals surface area contributed by atoms with Gasteiger partial charge in [-0.25, -0.2) is 0 Å². The number of hydrogen-bond acceptors (Lipinski definition) is 3. The summed E-state index contributed by atoms with van der Waals surface area (Å²) in [6, 6.07) is 5.39. The summed E-state index contributed by atoms with van der Waals surface area (Å²) in [6.07, 6.45) is 6.88. The lowest BCUT2D eigenvalue weighted by Crippen LogP contribution is -2.25. The quantitative estimate of drug-likeness (QED) is 0.568. The summed E-state index contributed by atoms with van der Waals surface area (Å²) in [5, 5.41) is 2.97. The van der Waals surface area contributed by atoms with E-state index in [0.29, 0.717) is 5.69 Å². The molecule has 0 heterocycles. The number of nitrogens with two attached hydrogens (primary N) is 1. The van der Waals surface area contributed by atoms with E-state index in [4.69, 9.17) is 5.73 Å². The molecule has 0 unspecified atom stereocenters. The first kappa shape index (κ1) is 15.9. The van der Waals surface area contributed by atoms with E-state index in [0.717, 1.165) is 24.1 Å². The van der Waals surface area contributed by atoms with Crippen molar-refractivity contribution in [2.24, 2.45) is 0 Å². The number of amides is 1. The molecule has 0 aliphatic heterocycles. The number of benzene rings is 1. The summed E-state index contributed by atoms with van der Waals surface area (Å²) in [4.78, 5) is 12.0. The van der Waals surface area contributed by atoms with Crippen molar-refractivity contribution in [2.45, 2.75) is 32.6 Å². The van der Waals surface area contributed by atoms with E-state index in [1.54, 1.807) is 12.1 Å². The highest BCUT2D eigenvalue weighted by atomic mass is 32.2. The smallest absolute Gasteiger partial charge is 0.251 e. The van der Waals surface area contributed by atoms with Gasteiger partial charge >= 0.3 is 0 Å². The molecule has 19 heavy (non-hydrogen) atoms. The maximum Gasteiger partial charge on any atom is 0.251 e. The monoisotopic (exact) mass is 280 g/mol. The first-order valence-corrected chi connectivity index (χ1v) is 8.18. The van der Waals surface area contributed by atoms with Gasteiger partial charge in [-0.05, 0) is 55.5 Å². The van der Waals surface area contributed by atoms with Gasteiger partial charge in [0.25, 0.3) is 5.91 Å². The van der Waals surface area contributed by atoms with E-state index in [9.17, 15) is 4.79 Å². The zero-order valence-corrected chi connectivity index (χ0v) is 12.7. The lowest BCUT2D eigenvalue weighted by atomic mass is 10.1. The second kappa shape index (κ2) is 8.86. The van der Waals surface area contributed by atoms with Gasteiger partial charge in [-0.1, -0.05) is 12.8 Å². The van der Waals surface area contributed by atoms with Crippen molar-refractivity contribution < 1.29 is 4.79 Å². The van der Waals surface area contributed by atoms with Gasteiger partial charge in [0.15, 0.2) is 0 Å². The molecule has 3 N–H and O–H groups in total. The highest BCUT2D eigenvalue weighted by Gasteiger charge is 2.07. The van der Waals surface area contributed by atoms with Gasteiger partial charge in [0, 0.05) is 17.8 Å². The maximum absolute atomic E-state index is 12.0. The summed E-state index contributed by atoms with van der Waals surface area (Å²) < 4.78 is 0. The summed E-state index contributed by atoms with van der Waals surface area (Å²) in [6.45, 7) is 2.66. The zero-order chi connectivity index (χ0) is 14.1. The largest absolute Gasteiger partial charge is 0.399 e. The first-order valence-electron chi connectivity index (χ1n) is 6.78. The molecule has 0 atom stereocenters. The highest BCUT2D eigenvalue weighted by Crippen LogP contribution is 2.12. The van der Waals surface area contributed by atoms with Crippen molar-refractivity contribution in [3.05, 3.63) is 29.3 Å². The Bertz CT molecular complexity index is 407. The van der Waals surface area contributed by atoms with Crippen molar-refractivity contribution >= 4 is 23.4 Å². The van der Waals surface area contributed by atoms with Gasteiger partial charge in [0.05, 0.1) is 0 Å². The average molecular weight is 280 g/mol. The second-order valence-electron chi connectivity index (χ2n) is 4.74. The molecule has 0 saturated carbocycles. The van der Waals surface area contributed by atoms with Gasteiger partial charge in [-0.3, -0.25) is 4.79 Å². The molecule has 0 radical (unpaired) electrons. The number of rotatable bonds is 8. The minimum Gasteiger partial charge on any atom is -0.399 e. The number of hydrogen-bond donors (Lipinski definition) is 2. The summed E-state index contributed by atoms with van der Waals surface area (Å²) >= 11 is 1.89. The lowest BCUT2D eigenvalue weighted by Gasteiger charge is -2.08. The topological polar surface area (TPSA) is 55.1 Å². The molecule has 3 nitrogen and oxygen atoms in total. The van der Waals surface area contributed by atoms with Crippen LogP contribution in [-0.2, 0) is 0 Å². The van der Waals surface area contributed by atoms with Crippen LogP contribution in [0, 0.1) is 6.92 Å². The van der Waals surface area contributed by atoms with E-state index < -0.39 is 0 Å². The second-order valence-corrected chi connectivity index (χ2v) is 5.72. The van der Waals surface area contributed by atoms with Gasteiger partial charge in [-0.15, -0.1) is 0 Å². The summed E-state index contributed by atoms with van der Waals surface area (Å²) in [5.41, 5.74) is 8.02. The number of carbonyl (C=O) groups excluding carboxylic acids is 1. The molecule has 0 aromatic heterocycles. The first-order chi connectivity index (χ1) is 9.15. The molecule has 0 bridgehead atoms. The zero-order valence-electron chi connectivity index (χ0n) is 11.9. The molecule has 0 saturated heterocycles. The van der Waals surface area contributed by atoms with Crippen molar-refractivity contribution in [3.63, 3.8) is 0 Å². The molecule has 0 aliphatic rings. The number of anilines is 1. The van der Waals surface area contributed by atoms with Crippen LogP contribution in [0.4, 0.5) is 5.69 Å². The third-order valence-electron chi connectivity index (χ3n) is 3.06. The van der Waals surface area contributed by atoms with Crippen LogP contribution in [0.1, 0.15) is 41.6 Å². The standard InChI is InChI=1S/C15H24N2OS/c1-12-11-13(16)7-8-14(12)15(18)17-9-5-3-4-6-10-19-2/h7-8,11H,3-6,9-10,16H2,1-2H3,(H,17,18). The van der Waals surface area contributed by atoms with Crippen LogP contribution < -0.4 is 11.1 Å². The Labute approximate surface area is 120 Å². The van der Waals surface area contributed by atoms with Crippen LogP contribution in [0.25, 0.3) is 0 Å². The molecule has 4 heteroatoms. The minimum absolute atomic E-state index is 0.00149. The van der Waals surface area contributed by atoms with Gasteiger partial charge in [0.1, 0.15) is 0 Å². The van der Waals surface area contributed by atoms with Crippen molar-refractivity contribution in [2.75, 3.05) is 24.3 Å². The number of nitrogens with one attached hydrogen (secondary N) is 1. The minimum atomic E-state index is 0.00149. The number of thioether (sulfide) groups is 1. The predicted molar refractivity (Wildman–Crippen MR) is 84.8 cm³/mol. The van der Waals surface area contributed by atoms with Gasteiger partial charge in [0.2, 0.25) is 0 Å². The van der Waals surface area contributed by atoms with Crippen molar-refractivity contribution in [1.82, 2.24) is 5.32 Å². The van der Waals surface area contributed by atoms with Crippen LogP contribution in [0.3, 0.4) is 0 Å². The van der Waals surface area contributed by atoms with Crippen LogP contribution in [0.2, 0.25) is 0 Å². The summed E-state index contributed by atoms with van der Waals surface area (Å²) in [5.74, 6) is 1.23. The lowest BCUT2D eigenvalue weighted by molar-refractivity contribution is 0.0952. The van der Waals surface area contributed by atoms with E-state index in [1.165, 1.54) is 25.0 Å². The molecule has 1 aromatic rings. The Hall–Kier alpha value is -1.16. The van der Waals surface area contributed by atoms with E-state index in [-0.39, 0.29) is 5.91 Å². The summed E-state index contributed by atoms with van der Waals surface area (Å²) in [7, 11) is 0. The molecule has 0 aliphatic carbocycles. The predicted octanol–water partition coefficient (Wildman–Crippen LogP) is 3.23. The Morgan fingerprint density at radius 1 is 1.26 bits per heavy atom. The number of unbranched alkanes of at least 4 members (excludes halogenated alkanes) is 3. The third-order valence-corrected chi connectivity index (χ3v) is 3.75. The van der Waals surface area contributed by atoms with Crippen molar-refractivity contribution in [3.8, 4) is 0 Å². The van der Waals surface area contributed by atoms with Gasteiger partial charge in [-0.2, -0.15) is 11.8 Å². The molecule has 1 amide bonds. The molecule has 106 valence electrons. The Balaban J connectivity index is 2.24. The highest BCUT2D eigenvalue weighted by molar-refractivity contribution is 7.98. The molecule has 0 fully saturated rings. The molecule has 0 spiro atoms. The third kappa shape index (κ3) is 6.01. The molecule has 1 aromatic carbocycles. The number of nitrogen functional groups attached to an aromatic ring is 1. The molecule has 1 rings (SSSR count). The maximum atomic E-state index is 12.0. The fraction of sp³-hybridized carbons (Fsp3) is 0.533. The van der Waals surface area contributed by atoms with Gasteiger partial charge < -0.3 is 11.1 Å². The number of carbonyl (C=O) groups is 1. The van der Waals surface area contributed by atoms with Crippen LogP contribution in [0.15, 0.2) is 18.2 Å². The van der Waals surface area contributed by atoms with E-state index in [2.05, 4.69) is 11.6 Å². The number of aryl methyl sites for hydroxylation is 1. The Morgan fingerprint density at radius 3 is 2.68 bits per heavy atom. The molecular weight excluding hydrogens is 256 g/mol. The van der Waals surface area contributed by atoms with Crippen LogP contribution in [-0.4, -0.2) is 24.5 Å². The normalized spacial score (nSPS) is 10.4. The molecular formula is C15H24N2OS. The van der Waals surface area contributed by atoms with E-state index in [1.807, 2.05) is 24.8 Å². The van der Waals surface area contributed by atoms with Crippen LogP contribution >= 0.6 is 11.8 Å². The SMILES string of the molecule is CSCCCCCCNC(=O)c1ccc(N)cc1C. The van der Waals surface area contributed by atoms with Crippen molar-refractivity contribution in [1.29, 1.82) is 0 Å². The Morgan fingerprint density at radius 2 is 2.00 bits per heavy atom. The Kier molecular flexibility index (Phi) is 7.41. The van der Waals surface area contributed by atoms with Crippen LogP contribution in [0.5, 0.6) is 0 Å².